The van der Waals surface area contributed by atoms with Crippen LogP contribution in [0.3, 0.4) is 0 Å². The molecular formula is C15H22ClN3. The van der Waals surface area contributed by atoms with Crippen LogP contribution in [0.1, 0.15) is 32.5 Å². The molecule has 0 fully saturated rings. The number of fused-ring (bicyclic) bond motifs is 1. The molecule has 0 unspecified atom stereocenters. The van der Waals surface area contributed by atoms with Crippen molar-refractivity contribution >= 4 is 22.6 Å². The molecule has 0 saturated carbocycles. The second-order valence-corrected chi connectivity index (χ2v) is 5.38. The highest BCUT2D eigenvalue weighted by Crippen LogP contribution is 2.20. The van der Waals surface area contributed by atoms with Crippen molar-refractivity contribution in [1.29, 1.82) is 0 Å². The molecule has 4 heteroatoms. The van der Waals surface area contributed by atoms with E-state index in [4.69, 9.17) is 16.6 Å². The molecule has 1 aromatic heterocycles. The number of imidazole rings is 1. The zero-order valence-electron chi connectivity index (χ0n) is 12.0. The summed E-state index contributed by atoms with van der Waals surface area (Å²) in [4.78, 5) is 7.14. The fourth-order valence-electron chi connectivity index (χ4n) is 2.29. The first-order valence-corrected chi connectivity index (χ1v) is 7.36. The molecule has 0 amide bonds. The lowest BCUT2D eigenvalue weighted by Crippen LogP contribution is -2.25. The molecule has 0 spiro atoms. The SMILES string of the molecule is CCCCN(CC)Cc1nc2cc(Cl)ccc2n1C. The number of unbranched alkanes of at least 4 members (excludes halogenated alkanes) is 1. The molecular weight excluding hydrogens is 258 g/mol. The lowest BCUT2D eigenvalue weighted by molar-refractivity contribution is 0.266. The Labute approximate surface area is 120 Å². The minimum absolute atomic E-state index is 0.746. The predicted octanol–water partition coefficient (Wildman–Crippen LogP) is 3.85. The van der Waals surface area contributed by atoms with Gasteiger partial charge in [0.2, 0.25) is 0 Å². The first-order valence-electron chi connectivity index (χ1n) is 6.99. The maximum Gasteiger partial charge on any atom is 0.123 e. The summed E-state index contributed by atoms with van der Waals surface area (Å²) in [5, 5.41) is 0.746. The molecule has 2 aromatic rings. The summed E-state index contributed by atoms with van der Waals surface area (Å²) in [5.74, 6) is 1.11. The first kappa shape index (κ1) is 14.4. The highest BCUT2D eigenvalue weighted by molar-refractivity contribution is 6.31. The van der Waals surface area contributed by atoms with Crippen molar-refractivity contribution in [3.8, 4) is 0 Å². The molecule has 0 aliphatic rings. The van der Waals surface area contributed by atoms with Gasteiger partial charge in [0.15, 0.2) is 0 Å². The summed E-state index contributed by atoms with van der Waals surface area (Å²) < 4.78 is 2.17. The smallest absolute Gasteiger partial charge is 0.123 e. The summed E-state index contributed by atoms with van der Waals surface area (Å²) in [6.45, 7) is 7.53. The van der Waals surface area contributed by atoms with Gasteiger partial charge < -0.3 is 4.57 Å². The zero-order chi connectivity index (χ0) is 13.8. The minimum Gasteiger partial charge on any atom is -0.330 e. The van der Waals surface area contributed by atoms with Gasteiger partial charge in [0.25, 0.3) is 0 Å². The summed E-state index contributed by atoms with van der Waals surface area (Å²) in [5.41, 5.74) is 2.13. The van der Waals surface area contributed by atoms with Crippen molar-refractivity contribution in [3.63, 3.8) is 0 Å². The summed E-state index contributed by atoms with van der Waals surface area (Å²) in [6, 6.07) is 5.89. The van der Waals surface area contributed by atoms with Gasteiger partial charge in [-0.3, -0.25) is 4.90 Å². The van der Waals surface area contributed by atoms with Crippen LogP contribution in [-0.4, -0.2) is 27.5 Å². The minimum atomic E-state index is 0.746. The van der Waals surface area contributed by atoms with Crippen LogP contribution in [0.2, 0.25) is 5.02 Å². The molecule has 0 aliphatic heterocycles. The fraction of sp³-hybridized carbons (Fsp3) is 0.533. The van der Waals surface area contributed by atoms with E-state index in [2.05, 4.69) is 30.4 Å². The Bertz CT molecular complexity index is 548. The molecule has 0 bridgehead atoms. The van der Waals surface area contributed by atoms with E-state index in [-0.39, 0.29) is 0 Å². The monoisotopic (exact) mass is 279 g/mol. The van der Waals surface area contributed by atoms with Gasteiger partial charge >= 0.3 is 0 Å². The number of hydrogen-bond acceptors (Lipinski definition) is 2. The van der Waals surface area contributed by atoms with Crippen molar-refractivity contribution in [2.24, 2.45) is 7.05 Å². The molecule has 19 heavy (non-hydrogen) atoms. The number of benzene rings is 1. The maximum atomic E-state index is 6.02. The number of aromatic nitrogens is 2. The molecule has 1 aromatic carbocycles. The van der Waals surface area contributed by atoms with Crippen LogP contribution in [0.25, 0.3) is 11.0 Å². The van der Waals surface area contributed by atoms with Crippen LogP contribution in [-0.2, 0) is 13.6 Å². The second-order valence-electron chi connectivity index (χ2n) is 4.94. The molecule has 0 N–H and O–H groups in total. The van der Waals surface area contributed by atoms with Crippen LogP contribution in [0.5, 0.6) is 0 Å². The van der Waals surface area contributed by atoms with Gasteiger partial charge in [0, 0.05) is 12.1 Å². The van der Waals surface area contributed by atoms with Crippen molar-refractivity contribution in [2.45, 2.75) is 33.2 Å². The highest BCUT2D eigenvalue weighted by Gasteiger charge is 2.11. The van der Waals surface area contributed by atoms with E-state index in [1.165, 1.54) is 12.8 Å². The van der Waals surface area contributed by atoms with E-state index < -0.39 is 0 Å². The van der Waals surface area contributed by atoms with Gasteiger partial charge in [0.05, 0.1) is 17.6 Å². The topological polar surface area (TPSA) is 21.1 Å². The van der Waals surface area contributed by atoms with E-state index in [9.17, 15) is 0 Å². The summed E-state index contributed by atoms with van der Waals surface area (Å²) in [7, 11) is 2.08. The van der Waals surface area contributed by atoms with Gasteiger partial charge in [0.1, 0.15) is 5.82 Å². The predicted molar refractivity (Wildman–Crippen MR) is 81.6 cm³/mol. The van der Waals surface area contributed by atoms with E-state index >= 15 is 0 Å². The van der Waals surface area contributed by atoms with Gasteiger partial charge in [-0.2, -0.15) is 0 Å². The van der Waals surface area contributed by atoms with Gasteiger partial charge in [-0.05, 0) is 37.7 Å². The Morgan fingerprint density at radius 3 is 2.79 bits per heavy atom. The molecule has 3 nitrogen and oxygen atoms in total. The Balaban J connectivity index is 2.22. The van der Waals surface area contributed by atoms with Crippen LogP contribution in [0.4, 0.5) is 0 Å². The molecule has 0 atom stereocenters. The van der Waals surface area contributed by atoms with Crippen molar-refractivity contribution in [2.75, 3.05) is 13.1 Å². The Hall–Kier alpha value is -1.06. The van der Waals surface area contributed by atoms with E-state index in [1.807, 2.05) is 18.2 Å². The zero-order valence-corrected chi connectivity index (χ0v) is 12.7. The van der Waals surface area contributed by atoms with Crippen LogP contribution < -0.4 is 0 Å². The second kappa shape index (κ2) is 6.40. The quantitative estimate of drug-likeness (QED) is 0.801. The normalized spacial score (nSPS) is 11.6. The van der Waals surface area contributed by atoms with Crippen molar-refractivity contribution < 1.29 is 0 Å². The molecule has 104 valence electrons. The molecule has 0 saturated heterocycles. The third kappa shape index (κ3) is 3.28. The van der Waals surface area contributed by atoms with Gasteiger partial charge in [-0.25, -0.2) is 4.98 Å². The number of halogens is 1. The standard InChI is InChI=1S/C15H22ClN3/c1-4-6-9-19(5-2)11-15-17-13-10-12(16)7-8-14(13)18(15)3/h7-8,10H,4-6,9,11H2,1-3H3. The van der Waals surface area contributed by atoms with E-state index in [0.29, 0.717) is 0 Å². The number of hydrogen-bond donors (Lipinski definition) is 0. The van der Waals surface area contributed by atoms with E-state index in [1.54, 1.807) is 0 Å². The largest absolute Gasteiger partial charge is 0.330 e. The first-order chi connectivity index (χ1) is 9.15. The lowest BCUT2D eigenvalue weighted by atomic mass is 10.3. The highest BCUT2D eigenvalue weighted by atomic mass is 35.5. The number of aryl methyl sites for hydroxylation is 1. The lowest BCUT2D eigenvalue weighted by Gasteiger charge is -2.19. The molecule has 0 aliphatic carbocycles. The Kier molecular flexibility index (Phi) is 4.83. The van der Waals surface area contributed by atoms with Gasteiger partial charge in [-0.1, -0.05) is 31.9 Å². The average Bonchev–Trinajstić information content (AvgIpc) is 2.70. The average molecular weight is 280 g/mol. The van der Waals surface area contributed by atoms with Crippen LogP contribution in [0, 0.1) is 0 Å². The number of nitrogens with zero attached hydrogens (tertiary/aromatic N) is 3. The maximum absolute atomic E-state index is 6.02. The van der Waals surface area contributed by atoms with Crippen LogP contribution >= 0.6 is 11.6 Å². The third-order valence-electron chi connectivity index (χ3n) is 3.58. The summed E-state index contributed by atoms with van der Waals surface area (Å²) in [6.07, 6.45) is 2.47. The molecule has 1 heterocycles. The van der Waals surface area contributed by atoms with Crippen molar-refractivity contribution in [1.82, 2.24) is 14.5 Å². The fourth-order valence-corrected chi connectivity index (χ4v) is 2.46. The van der Waals surface area contributed by atoms with Gasteiger partial charge in [-0.15, -0.1) is 0 Å². The Morgan fingerprint density at radius 1 is 1.32 bits per heavy atom. The summed E-state index contributed by atoms with van der Waals surface area (Å²) >= 11 is 6.02. The Morgan fingerprint density at radius 2 is 2.11 bits per heavy atom. The molecule has 2 rings (SSSR count). The van der Waals surface area contributed by atoms with Crippen molar-refractivity contribution in [3.05, 3.63) is 29.0 Å². The van der Waals surface area contributed by atoms with E-state index in [0.717, 1.165) is 41.5 Å². The molecule has 0 radical (unpaired) electrons. The third-order valence-corrected chi connectivity index (χ3v) is 3.81. The van der Waals surface area contributed by atoms with Crippen LogP contribution in [0.15, 0.2) is 18.2 Å². The number of rotatable bonds is 6.